The second-order valence-electron chi connectivity index (χ2n) is 5.75. The second-order valence-corrected chi connectivity index (χ2v) is 7.46. The summed E-state index contributed by atoms with van der Waals surface area (Å²) < 4.78 is 10.8. The van der Waals surface area contributed by atoms with E-state index in [1.54, 1.807) is 24.1 Å². The van der Waals surface area contributed by atoms with Crippen LogP contribution in [0.15, 0.2) is 36.4 Å². The van der Waals surface area contributed by atoms with Gasteiger partial charge in [-0.3, -0.25) is 4.79 Å². The number of ether oxygens (including phenoxy) is 2. The van der Waals surface area contributed by atoms with Gasteiger partial charge in [0.25, 0.3) is 5.91 Å². The summed E-state index contributed by atoms with van der Waals surface area (Å²) in [7, 11) is 1.64. The number of benzene rings is 1. The molecule has 1 fully saturated rings. The molecule has 0 radical (unpaired) electrons. The molecular formula is C18H19ClN2O4S. The molecule has 1 amide bonds. The van der Waals surface area contributed by atoms with Crippen LogP contribution in [0.3, 0.4) is 0 Å². The lowest BCUT2D eigenvalue weighted by atomic mass is 10.2. The molecule has 1 aromatic carbocycles. The highest BCUT2D eigenvalue weighted by Crippen LogP contribution is 2.22. The lowest BCUT2D eigenvalue weighted by molar-refractivity contribution is -0.134. The second kappa shape index (κ2) is 8.42. The summed E-state index contributed by atoms with van der Waals surface area (Å²) in [5.41, 5.74) is 1.10. The Morgan fingerprint density at radius 1 is 1.08 bits per heavy atom. The van der Waals surface area contributed by atoms with Crippen LogP contribution in [0.1, 0.15) is 9.67 Å². The van der Waals surface area contributed by atoms with Crippen LogP contribution in [0.2, 0.25) is 4.34 Å². The third-order valence-electron chi connectivity index (χ3n) is 4.17. The van der Waals surface area contributed by atoms with E-state index in [9.17, 15) is 9.59 Å². The van der Waals surface area contributed by atoms with E-state index in [0.717, 1.165) is 35.9 Å². The molecule has 0 spiro atoms. The summed E-state index contributed by atoms with van der Waals surface area (Å²) in [5, 5.41) is 0. The van der Waals surface area contributed by atoms with Crippen molar-refractivity contribution in [2.24, 2.45) is 0 Å². The number of amides is 1. The molecule has 3 rings (SSSR count). The van der Waals surface area contributed by atoms with Crippen molar-refractivity contribution in [2.45, 2.75) is 0 Å². The van der Waals surface area contributed by atoms with Crippen molar-refractivity contribution in [3.8, 4) is 5.75 Å². The fraction of sp³-hybridized carbons (Fsp3) is 0.333. The molecular weight excluding hydrogens is 376 g/mol. The lowest BCUT2D eigenvalue weighted by Crippen LogP contribution is -2.49. The summed E-state index contributed by atoms with van der Waals surface area (Å²) in [6.07, 6.45) is 0. The number of rotatable bonds is 5. The van der Waals surface area contributed by atoms with Gasteiger partial charge in [-0.1, -0.05) is 11.6 Å². The third kappa shape index (κ3) is 4.47. The summed E-state index contributed by atoms with van der Waals surface area (Å²) in [5.74, 6) is 0.110. The van der Waals surface area contributed by atoms with Crippen molar-refractivity contribution in [3.63, 3.8) is 0 Å². The molecule has 0 unspecified atom stereocenters. The van der Waals surface area contributed by atoms with Crippen molar-refractivity contribution in [2.75, 3.05) is 44.8 Å². The maximum atomic E-state index is 12.3. The molecule has 0 bridgehead atoms. The number of hydrogen-bond acceptors (Lipinski definition) is 6. The minimum Gasteiger partial charge on any atom is -0.497 e. The molecule has 1 saturated heterocycles. The van der Waals surface area contributed by atoms with Gasteiger partial charge in [0.2, 0.25) is 0 Å². The number of piperazine rings is 1. The van der Waals surface area contributed by atoms with Gasteiger partial charge in [-0.25, -0.2) is 4.79 Å². The zero-order valence-electron chi connectivity index (χ0n) is 14.3. The van der Waals surface area contributed by atoms with E-state index in [-0.39, 0.29) is 12.5 Å². The molecule has 1 aromatic heterocycles. The van der Waals surface area contributed by atoms with Crippen molar-refractivity contribution in [1.82, 2.24) is 4.90 Å². The largest absolute Gasteiger partial charge is 0.497 e. The number of carbonyl (C=O) groups is 2. The Bertz CT molecular complexity index is 770. The maximum absolute atomic E-state index is 12.3. The maximum Gasteiger partial charge on any atom is 0.348 e. The lowest BCUT2D eigenvalue weighted by Gasteiger charge is -2.36. The number of halogens is 1. The first-order chi connectivity index (χ1) is 12.6. The van der Waals surface area contributed by atoms with Gasteiger partial charge < -0.3 is 19.3 Å². The Labute approximate surface area is 160 Å². The molecule has 1 aliphatic rings. The van der Waals surface area contributed by atoms with Crippen LogP contribution in [0.4, 0.5) is 5.69 Å². The minimum absolute atomic E-state index is 0.185. The predicted octanol–water partition coefficient (Wildman–Crippen LogP) is 2.92. The Hall–Kier alpha value is -2.25. The highest BCUT2D eigenvalue weighted by atomic mass is 35.5. The molecule has 2 aromatic rings. The first-order valence-electron chi connectivity index (χ1n) is 8.16. The van der Waals surface area contributed by atoms with E-state index in [2.05, 4.69) is 4.90 Å². The van der Waals surface area contributed by atoms with Crippen molar-refractivity contribution >= 4 is 40.5 Å². The summed E-state index contributed by atoms with van der Waals surface area (Å²) in [6, 6.07) is 11.1. The number of hydrogen-bond donors (Lipinski definition) is 0. The van der Waals surface area contributed by atoms with Crippen LogP contribution in [-0.4, -0.2) is 56.7 Å². The van der Waals surface area contributed by atoms with Gasteiger partial charge in [0.1, 0.15) is 10.6 Å². The molecule has 138 valence electrons. The molecule has 2 heterocycles. The van der Waals surface area contributed by atoms with E-state index in [1.165, 1.54) is 0 Å². The molecule has 0 saturated carbocycles. The van der Waals surface area contributed by atoms with E-state index in [1.807, 2.05) is 24.3 Å². The normalized spacial score (nSPS) is 14.2. The summed E-state index contributed by atoms with van der Waals surface area (Å²) in [4.78, 5) is 28.5. The molecule has 0 N–H and O–H groups in total. The number of esters is 1. The van der Waals surface area contributed by atoms with Crippen molar-refractivity contribution in [1.29, 1.82) is 0 Å². The van der Waals surface area contributed by atoms with Crippen molar-refractivity contribution in [3.05, 3.63) is 45.6 Å². The highest BCUT2D eigenvalue weighted by molar-refractivity contribution is 7.17. The average Bonchev–Trinajstić information content (AvgIpc) is 3.12. The molecule has 1 aliphatic heterocycles. The quantitative estimate of drug-likeness (QED) is 0.730. The highest BCUT2D eigenvalue weighted by Gasteiger charge is 2.22. The van der Waals surface area contributed by atoms with Gasteiger partial charge in [-0.15, -0.1) is 11.3 Å². The molecule has 0 aliphatic carbocycles. The Morgan fingerprint density at radius 2 is 1.77 bits per heavy atom. The van der Waals surface area contributed by atoms with E-state index < -0.39 is 5.97 Å². The average molecular weight is 395 g/mol. The fourth-order valence-electron chi connectivity index (χ4n) is 2.72. The van der Waals surface area contributed by atoms with Gasteiger partial charge in [-0.05, 0) is 36.4 Å². The Balaban J connectivity index is 1.46. The van der Waals surface area contributed by atoms with Crippen LogP contribution in [-0.2, 0) is 9.53 Å². The predicted molar refractivity (Wildman–Crippen MR) is 101 cm³/mol. The van der Waals surface area contributed by atoms with Gasteiger partial charge in [0.05, 0.1) is 11.4 Å². The van der Waals surface area contributed by atoms with Crippen LogP contribution in [0, 0.1) is 0 Å². The monoisotopic (exact) mass is 394 g/mol. The molecule has 8 heteroatoms. The van der Waals surface area contributed by atoms with Crippen LogP contribution in [0.25, 0.3) is 0 Å². The van der Waals surface area contributed by atoms with Gasteiger partial charge in [-0.2, -0.15) is 0 Å². The Kier molecular flexibility index (Phi) is 6.00. The van der Waals surface area contributed by atoms with Crippen LogP contribution >= 0.6 is 22.9 Å². The zero-order chi connectivity index (χ0) is 18.5. The molecule has 6 nitrogen and oxygen atoms in total. The first kappa shape index (κ1) is 18.5. The zero-order valence-corrected chi connectivity index (χ0v) is 15.9. The smallest absolute Gasteiger partial charge is 0.348 e. The van der Waals surface area contributed by atoms with Gasteiger partial charge in [0, 0.05) is 31.9 Å². The summed E-state index contributed by atoms with van der Waals surface area (Å²) in [6.45, 7) is 2.39. The first-order valence-corrected chi connectivity index (χ1v) is 9.35. The van der Waals surface area contributed by atoms with Crippen LogP contribution < -0.4 is 9.64 Å². The molecule has 0 atom stereocenters. The number of carbonyl (C=O) groups excluding carboxylic acids is 2. The van der Waals surface area contributed by atoms with Crippen molar-refractivity contribution < 1.29 is 19.1 Å². The van der Waals surface area contributed by atoms with E-state index >= 15 is 0 Å². The number of nitrogens with zero attached hydrogens (tertiary/aromatic N) is 2. The number of methoxy groups -OCH3 is 1. The van der Waals surface area contributed by atoms with E-state index in [0.29, 0.717) is 22.3 Å². The summed E-state index contributed by atoms with van der Waals surface area (Å²) >= 11 is 6.93. The molecule has 26 heavy (non-hydrogen) atoms. The standard InChI is InChI=1S/C18H19ClN2O4S/c1-24-14-4-2-13(3-5-14)20-8-10-21(11-9-20)17(22)12-25-18(23)15-6-7-16(19)26-15/h2-7H,8-12H2,1H3. The van der Waals surface area contributed by atoms with Crippen LogP contribution in [0.5, 0.6) is 5.75 Å². The SMILES string of the molecule is COc1ccc(N2CCN(C(=O)COC(=O)c3ccc(Cl)s3)CC2)cc1. The topological polar surface area (TPSA) is 59.1 Å². The Morgan fingerprint density at radius 3 is 2.35 bits per heavy atom. The number of anilines is 1. The number of thiophene rings is 1. The third-order valence-corrected chi connectivity index (χ3v) is 5.38. The fourth-order valence-corrected chi connectivity index (χ4v) is 3.66. The van der Waals surface area contributed by atoms with Gasteiger partial charge in [0.15, 0.2) is 6.61 Å². The minimum atomic E-state index is -0.521. The van der Waals surface area contributed by atoms with Gasteiger partial charge >= 0.3 is 5.97 Å². The van der Waals surface area contributed by atoms with E-state index in [4.69, 9.17) is 21.1 Å².